The average Bonchev–Trinajstić information content (AvgIpc) is 2.53. The van der Waals surface area contributed by atoms with E-state index in [1.54, 1.807) is 0 Å². The highest BCUT2D eigenvalue weighted by Gasteiger charge is 2.18. The first kappa shape index (κ1) is 12.1. The minimum absolute atomic E-state index is 1.24. The molecule has 0 saturated heterocycles. The second kappa shape index (κ2) is 4.71. The molecule has 0 N–H and O–H groups in total. The van der Waals surface area contributed by atoms with Crippen molar-refractivity contribution in [3.63, 3.8) is 0 Å². The molecule has 0 aliphatic carbocycles. The first-order chi connectivity index (χ1) is 10.3. The van der Waals surface area contributed by atoms with E-state index in [-0.39, 0.29) is 0 Å². The number of nitrogens with zero attached hydrogens (tertiary/aromatic N) is 1. The SMILES string of the molecule is Cc1ccccc1-[n+]1c2ccccc2cc2ccccc21. The van der Waals surface area contributed by atoms with Crippen LogP contribution in [0.2, 0.25) is 0 Å². The quantitative estimate of drug-likeness (QED) is 0.352. The van der Waals surface area contributed by atoms with E-state index in [1.165, 1.54) is 33.1 Å². The number of hydrogen-bond acceptors (Lipinski definition) is 0. The van der Waals surface area contributed by atoms with Gasteiger partial charge < -0.3 is 0 Å². The molecule has 0 fully saturated rings. The fourth-order valence-corrected chi connectivity index (χ4v) is 3.00. The van der Waals surface area contributed by atoms with Crippen LogP contribution >= 0.6 is 0 Å². The third-order valence-corrected chi connectivity index (χ3v) is 4.02. The fraction of sp³-hybridized carbons (Fsp3) is 0.0500. The number of benzene rings is 3. The maximum atomic E-state index is 2.36. The van der Waals surface area contributed by atoms with Crippen molar-refractivity contribution in [1.82, 2.24) is 0 Å². The Morgan fingerprint density at radius 2 is 1.14 bits per heavy atom. The van der Waals surface area contributed by atoms with Crippen molar-refractivity contribution in [2.75, 3.05) is 0 Å². The molecule has 0 spiro atoms. The lowest BCUT2D eigenvalue weighted by molar-refractivity contribution is -0.538. The van der Waals surface area contributed by atoms with Crippen molar-refractivity contribution in [2.24, 2.45) is 0 Å². The van der Waals surface area contributed by atoms with Gasteiger partial charge in [-0.15, -0.1) is 0 Å². The summed E-state index contributed by atoms with van der Waals surface area (Å²) in [4.78, 5) is 0. The van der Waals surface area contributed by atoms with Gasteiger partial charge in [0, 0.05) is 34.5 Å². The van der Waals surface area contributed by atoms with Crippen molar-refractivity contribution < 1.29 is 4.57 Å². The van der Waals surface area contributed by atoms with Gasteiger partial charge in [0.25, 0.3) is 0 Å². The molecule has 100 valence electrons. The van der Waals surface area contributed by atoms with Crippen molar-refractivity contribution >= 4 is 21.8 Å². The van der Waals surface area contributed by atoms with Crippen LogP contribution in [0.15, 0.2) is 78.9 Å². The van der Waals surface area contributed by atoms with Crippen LogP contribution in [-0.4, -0.2) is 0 Å². The molecule has 0 saturated carbocycles. The summed E-state index contributed by atoms with van der Waals surface area (Å²) in [5.41, 5.74) is 5.01. The van der Waals surface area contributed by atoms with E-state index in [1.807, 2.05) is 0 Å². The number of aryl methyl sites for hydroxylation is 1. The molecular formula is C20H16N+. The second-order valence-electron chi connectivity index (χ2n) is 5.38. The Morgan fingerprint density at radius 1 is 0.619 bits per heavy atom. The van der Waals surface area contributed by atoms with Gasteiger partial charge in [0.1, 0.15) is 0 Å². The minimum Gasteiger partial charge on any atom is -0.153 e. The van der Waals surface area contributed by atoms with Gasteiger partial charge in [0.15, 0.2) is 0 Å². The molecule has 0 atom stereocenters. The van der Waals surface area contributed by atoms with E-state index >= 15 is 0 Å². The molecular weight excluding hydrogens is 254 g/mol. The van der Waals surface area contributed by atoms with Gasteiger partial charge >= 0.3 is 0 Å². The average molecular weight is 270 g/mol. The molecule has 0 aliphatic heterocycles. The molecule has 1 nitrogen and oxygen atoms in total. The molecule has 0 aliphatic rings. The summed E-state index contributed by atoms with van der Waals surface area (Å²) >= 11 is 0. The summed E-state index contributed by atoms with van der Waals surface area (Å²) in [6.07, 6.45) is 0. The fourth-order valence-electron chi connectivity index (χ4n) is 3.00. The predicted molar refractivity (Wildman–Crippen MR) is 87.7 cm³/mol. The van der Waals surface area contributed by atoms with Crippen LogP contribution in [-0.2, 0) is 0 Å². The van der Waals surface area contributed by atoms with E-state index in [0.717, 1.165) is 0 Å². The third-order valence-electron chi connectivity index (χ3n) is 4.02. The smallest absolute Gasteiger partial charge is 0.153 e. The molecule has 1 aromatic heterocycles. The maximum Gasteiger partial charge on any atom is 0.219 e. The number of fused-ring (bicyclic) bond motifs is 2. The van der Waals surface area contributed by atoms with Gasteiger partial charge in [-0.05, 0) is 25.1 Å². The van der Waals surface area contributed by atoms with E-state index in [2.05, 4.69) is 90.4 Å². The van der Waals surface area contributed by atoms with Gasteiger partial charge in [-0.25, -0.2) is 0 Å². The number of pyridine rings is 1. The van der Waals surface area contributed by atoms with Gasteiger partial charge in [0.05, 0.1) is 0 Å². The van der Waals surface area contributed by atoms with Crippen LogP contribution in [0.4, 0.5) is 0 Å². The Hall–Kier alpha value is -2.67. The van der Waals surface area contributed by atoms with Crippen LogP contribution < -0.4 is 4.57 Å². The minimum atomic E-state index is 1.24. The van der Waals surface area contributed by atoms with Crippen LogP contribution in [0, 0.1) is 6.92 Å². The zero-order valence-corrected chi connectivity index (χ0v) is 12.0. The summed E-state index contributed by atoms with van der Waals surface area (Å²) in [6.45, 7) is 2.17. The van der Waals surface area contributed by atoms with Gasteiger partial charge in [-0.2, -0.15) is 4.57 Å². The van der Waals surface area contributed by atoms with E-state index in [9.17, 15) is 0 Å². The van der Waals surface area contributed by atoms with E-state index in [0.29, 0.717) is 0 Å². The molecule has 1 heteroatoms. The van der Waals surface area contributed by atoms with Crippen LogP contribution in [0.5, 0.6) is 0 Å². The first-order valence-electron chi connectivity index (χ1n) is 7.23. The van der Waals surface area contributed by atoms with Crippen molar-refractivity contribution in [2.45, 2.75) is 6.92 Å². The third kappa shape index (κ3) is 1.90. The normalized spacial score (nSPS) is 11.1. The number of hydrogen-bond donors (Lipinski definition) is 0. The number of rotatable bonds is 1. The molecule has 0 unspecified atom stereocenters. The van der Waals surface area contributed by atoms with E-state index in [4.69, 9.17) is 0 Å². The molecule has 0 bridgehead atoms. The van der Waals surface area contributed by atoms with Crippen LogP contribution in [0.25, 0.3) is 27.5 Å². The van der Waals surface area contributed by atoms with Gasteiger partial charge in [-0.1, -0.05) is 42.5 Å². The highest BCUT2D eigenvalue weighted by atomic mass is 15.0. The Bertz CT molecular complexity index is 900. The lowest BCUT2D eigenvalue weighted by atomic mass is 10.1. The predicted octanol–water partition coefficient (Wildman–Crippen LogP) is 4.58. The molecule has 0 amide bonds. The van der Waals surface area contributed by atoms with Crippen molar-refractivity contribution in [3.8, 4) is 5.69 Å². The zero-order valence-electron chi connectivity index (χ0n) is 12.0. The standard InChI is InChI=1S/C20H16N/c1-15-8-2-5-11-18(15)21-19-12-6-3-9-16(19)14-17-10-4-7-13-20(17)21/h2-14H,1H3/q+1. The number of para-hydroxylation sites is 3. The lowest BCUT2D eigenvalue weighted by Crippen LogP contribution is -2.33. The lowest BCUT2D eigenvalue weighted by Gasteiger charge is -2.07. The van der Waals surface area contributed by atoms with E-state index < -0.39 is 0 Å². The second-order valence-corrected chi connectivity index (χ2v) is 5.38. The topological polar surface area (TPSA) is 3.88 Å². The molecule has 21 heavy (non-hydrogen) atoms. The summed E-state index contributed by atoms with van der Waals surface area (Å²) in [5.74, 6) is 0. The molecule has 3 aromatic carbocycles. The molecule has 1 heterocycles. The highest BCUT2D eigenvalue weighted by Crippen LogP contribution is 2.21. The summed E-state index contributed by atoms with van der Waals surface area (Å²) in [6, 6.07) is 27.9. The Labute approximate surface area is 124 Å². The summed E-state index contributed by atoms with van der Waals surface area (Å²) in [5, 5.41) is 2.53. The van der Waals surface area contributed by atoms with Crippen LogP contribution in [0.3, 0.4) is 0 Å². The summed E-state index contributed by atoms with van der Waals surface area (Å²) in [7, 11) is 0. The molecule has 0 radical (unpaired) electrons. The van der Waals surface area contributed by atoms with Crippen molar-refractivity contribution in [1.29, 1.82) is 0 Å². The Morgan fingerprint density at radius 3 is 1.76 bits per heavy atom. The summed E-state index contributed by atoms with van der Waals surface area (Å²) < 4.78 is 2.36. The Balaban J connectivity index is 2.25. The van der Waals surface area contributed by atoms with Crippen molar-refractivity contribution in [3.05, 3.63) is 84.4 Å². The van der Waals surface area contributed by atoms with Gasteiger partial charge in [0.2, 0.25) is 16.7 Å². The molecule has 4 aromatic rings. The van der Waals surface area contributed by atoms with Crippen LogP contribution in [0.1, 0.15) is 5.56 Å². The Kier molecular flexibility index (Phi) is 2.71. The maximum absolute atomic E-state index is 2.36. The molecule has 4 rings (SSSR count). The first-order valence-corrected chi connectivity index (χ1v) is 7.23. The largest absolute Gasteiger partial charge is 0.219 e. The van der Waals surface area contributed by atoms with Gasteiger partial charge in [-0.3, -0.25) is 0 Å². The zero-order chi connectivity index (χ0) is 14.2. The monoisotopic (exact) mass is 270 g/mol. The highest BCUT2D eigenvalue weighted by molar-refractivity contribution is 5.89. The number of aromatic nitrogens is 1.